The van der Waals surface area contributed by atoms with Crippen LogP contribution in [0.2, 0.25) is 0 Å². The molecule has 5 heteroatoms. The quantitative estimate of drug-likeness (QED) is 0.668. The lowest BCUT2D eigenvalue weighted by Gasteiger charge is -2.18. The van der Waals surface area contributed by atoms with Gasteiger partial charge < -0.3 is 19.3 Å². The molecule has 0 aliphatic heterocycles. The van der Waals surface area contributed by atoms with Crippen LogP contribution < -0.4 is 0 Å². The molecule has 0 amide bonds. The van der Waals surface area contributed by atoms with E-state index in [-0.39, 0.29) is 18.6 Å². The molecule has 2 atom stereocenters. The van der Waals surface area contributed by atoms with Crippen molar-refractivity contribution in [2.75, 3.05) is 14.2 Å². The molecule has 0 unspecified atom stereocenters. The van der Waals surface area contributed by atoms with E-state index in [1.54, 1.807) is 6.92 Å². The second kappa shape index (κ2) is 9.63. The molecule has 0 radical (unpaired) electrons. The molecule has 0 aromatic heterocycles. The third-order valence-electron chi connectivity index (χ3n) is 3.22. The van der Waals surface area contributed by atoms with Crippen LogP contribution in [0.25, 0.3) is 0 Å². The normalized spacial score (nSPS) is 14.1. The number of aliphatic hydroxyl groups is 1. The van der Waals surface area contributed by atoms with Crippen molar-refractivity contribution in [3.8, 4) is 0 Å². The average molecular weight is 296 g/mol. The Kier molecular flexibility index (Phi) is 8.15. The third-order valence-corrected chi connectivity index (χ3v) is 3.22. The number of Topliss-reactive ketones (excluding diaryl/α,β-unsaturated/α-hetero) is 1. The number of carbonyl (C=O) groups is 1. The first kappa shape index (κ1) is 17.8. The highest BCUT2D eigenvalue weighted by molar-refractivity contribution is 5.83. The minimum absolute atomic E-state index is 0.0270. The summed E-state index contributed by atoms with van der Waals surface area (Å²) in [5.74, 6) is -0.135. The van der Waals surface area contributed by atoms with E-state index in [1.165, 1.54) is 14.2 Å². The topological polar surface area (TPSA) is 65.0 Å². The molecule has 0 aliphatic carbocycles. The van der Waals surface area contributed by atoms with Gasteiger partial charge >= 0.3 is 0 Å². The molecule has 1 aromatic carbocycles. The fraction of sp³-hybridized carbons (Fsp3) is 0.562. The van der Waals surface area contributed by atoms with Crippen LogP contribution >= 0.6 is 0 Å². The summed E-state index contributed by atoms with van der Waals surface area (Å²) in [5, 5.41) is 9.85. The average Bonchev–Trinajstić information content (AvgIpc) is 2.51. The van der Waals surface area contributed by atoms with E-state index in [0.717, 1.165) is 5.56 Å². The van der Waals surface area contributed by atoms with Gasteiger partial charge in [0.1, 0.15) is 6.10 Å². The Balaban J connectivity index is 2.33. The van der Waals surface area contributed by atoms with Gasteiger partial charge in [-0.3, -0.25) is 4.79 Å². The minimum Gasteiger partial charge on any atom is -0.392 e. The van der Waals surface area contributed by atoms with Crippen LogP contribution in [0.15, 0.2) is 30.3 Å². The summed E-state index contributed by atoms with van der Waals surface area (Å²) in [6.45, 7) is 2.07. The van der Waals surface area contributed by atoms with Crippen molar-refractivity contribution in [2.24, 2.45) is 0 Å². The van der Waals surface area contributed by atoms with Gasteiger partial charge in [-0.05, 0) is 12.5 Å². The Morgan fingerprint density at radius 2 is 1.81 bits per heavy atom. The molecule has 0 fully saturated rings. The Labute approximate surface area is 125 Å². The SMILES string of the molecule is COC(C[C@H](O)CC(=O)[C@H](C)OCc1ccccc1)OC. The predicted molar refractivity (Wildman–Crippen MR) is 78.7 cm³/mol. The molecule has 1 aromatic rings. The summed E-state index contributed by atoms with van der Waals surface area (Å²) in [7, 11) is 2.99. The highest BCUT2D eigenvalue weighted by Gasteiger charge is 2.20. The van der Waals surface area contributed by atoms with E-state index >= 15 is 0 Å². The third kappa shape index (κ3) is 6.82. The highest BCUT2D eigenvalue weighted by Crippen LogP contribution is 2.10. The van der Waals surface area contributed by atoms with Crippen molar-refractivity contribution in [2.45, 2.75) is 44.9 Å². The van der Waals surface area contributed by atoms with Crippen LogP contribution in [0.1, 0.15) is 25.3 Å². The first-order chi connectivity index (χ1) is 10.1. The number of benzene rings is 1. The van der Waals surface area contributed by atoms with E-state index in [9.17, 15) is 9.90 Å². The van der Waals surface area contributed by atoms with E-state index in [1.807, 2.05) is 30.3 Å². The van der Waals surface area contributed by atoms with Gasteiger partial charge in [-0.2, -0.15) is 0 Å². The second-order valence-corrected chi connectivity index (χ2v) is 4.90. The standard InChI is InChI=1S/C16H24O5/c1-12(21-11-13-7-5-4-6-8-13)15(18)9-14(17)10-16(19-2)20-3/h4-8,12,14,16-17H,9-11H2,1-3H3/t12-,14+/m0/s1. The first-order valence-electron chi connectivity index (χ1n) is 6.98. The predicted octanol–water partition coefficient (Wildman–Crippen LogP) is 1.92. The minimum atomic E-state index is -0.801. The number of aliphatic hydroxyl groups excluding tert-OH is 1. The van der Waals surface area contributed by atoms with Crippen LogP contribution in [0.5, 0.6) is 0 Å². The van der Waals surface area contributed by atoms with Crippen molar-refractivity contribution in [3.63, 3.8) is 0 Å². The number of carbonyl (C=O) groups excluding carboxylic acids is 1. The number of hydrogen-bond acceptors (Lipinski definition) is 5. The Morgan fingerprint density at radius 3 is 2.38 bits per heavy atom. The fourth-order valence-corrected chi connectivity index (χ4v) is 1.88. The number of methoxy groups -OCH3 is 2. The lowest BCUT2D eigenvalue weighted by atomic mass is 10.1. The van der Waals surface area contributed by atoms with Crippen molar-refractivity contribution in [1.82, 2.24) is 0 Å². The van der Waals surface area contributed by atoms with Gasteiger partial charge in [-0.15, -0.1) is 0 Å². The smallest absolute Gasteiger partial charge is 0.163 e. The van der Waals surface area contributed by atoms with Gasteiger partial charge in [0.15, 0.2) is 12.1 Å². The molecule has 0 bridgehead atoms. The Morgan fingerprint density at radius 1 is 1.19 bits per heavy atom. The lowest BCUT2D eigenvalue weighted by Crippen LogP contribution is -2.28. The summed E-state index contributed by atoms with van der Waals surface area (Å²) in [5.41, 5.74) is 1.01. The fourth-order valence-electron chi connectivity index (χ4n) is 1.88. The van der Waals surface area contributed by atoms with Crippen LogP contribution in [0.4, 0.5) is 0 Å². The number of ketones is 1. The van der Waals surface area contributed by atoms with Crippen molar-refractivity contribution >= 4 is 5.78 Å². The molecular weight excluding hydrogens is 272 g/mol. The summed E-state index contributed by atoms with van der Waals surface area (Å²) < 4.78 is 15.5. The van der Waals surface area contributed by atoms with Crippen molar-refractivity contribution in [3.05, 3.63) is 35.9 Å². The summed E-state index contributed by atoms with van der Waals surface area (Å²) >= 11 is 0. The Bertz CT molecular complexity index is 402. The molecule has 21 heavy (non-hydrogen) atoms. The van der Waals surface area contributed by atoms with Crippen LogP contribution in [-0.2, 0) is 25.6 Å². The number of ether oxygens (including phenoxy) is 3. The maximum absolute atomic E-state index is 12.0. The molecule has 0 saturated carbocycles. The van der Waals surface area contributed by atoms with Crippen LogP contribution in [-0.4, -0.2) is 43.6 Å². The van der Waals surface area contributed by atoms with Crippen LogP contribution in [0.3, 0.4) is 0 Å². The second-order valence-electron chi connectivity index (χ2n) is 4.90. The maximum atomic E-state index is 12.0. The van der Waals surface area contributed by atoms with E-state index < -0.39 is 18.5 Å². The zero-order valence-corrected chi connectivity index (χ0v) is 12.8. The molecule has 0 aliphatic rings. The van der Waals surface area contributed by atoms with Crippen molar-refractivity contribution < 1.29 is 24.1 Å². The summed E-state index contributed by atoms with van der Waals surface area (Å²) in [6, 6.07) is 9.65. The number of rotatable bonds is 10. The summed E-state index contributed by atoms with van der Waals surface area (Å²) in [4.78, 5) is 12.0. The molecule has 0 heterocycles. The van der Waals surface area contributed by atoms with Gasteiger partial charge in [0, 0.05) is 27.1 Å². The van der Waals surface area contributed by atoms with Gasteiger partial charge in [0.25, 0.3) is 0 Å². The zero-order chi connectivity index (χ0) is 15.7. The molecule has 0 spiro atoms. The number of hydrogen-bond donors (Lipinski definition) is 1. The monoisotopic (exact) mass is 296 g/mol. The van der Waals surface area contributed by atoms with E-state index in [2.05, 4.69) is 0 Å². The van der Waals surface area contributed by atoms with Crippen LogP contribution in [0, 0.1) is 0 Å². The van der Waals surface area contributed by atoms with E-state index in [4.69, 9.17) is 14.2 Å². The first-order valence-corrected chi connectivity index (χ1v) is 6.98. The molecule has 1 rings (SSSR count). The Hall–Kier alpha value is -1.27. The zero-order valence-electron chi connectivity index (χ0n) is 12.8. The van der Waals surface area contributed by atoms with Gasteiger partial charge in [0.05, 0.1) is 12.7 Å². The summed E-state index contributed by atoms with van der Waals surface area (Å²) in [6.07, 6.45) is -1.58. The molecular formula is C16H24O5. The van der Waals surface area contributed by atoms with Gasteiger partial charge in [-0.1, -0.05) is 30.3 Å². The molecule has 118 valence electrons. The largest absolute Gasteiger partial charge is 0.392 e. The van der Waals surface area contributed by atoms with Crippen molar-refractivity contribution in [1.29, 1.82) is 0 Å². The van der Waals surface area contributed by atoms with Gasteiger partial charge in [0.2, 0.25) is 0 Å². The lowest BCUT2D eigenvalue weighted by molar-refractivity contribution is -0.138. The maximum Gasteiger partial charge on any atom is 0.163 e. The van der Waals surface area contributed by atoms with Gasteiger partial charge in [-0.25, -0.2) is 0 Å². The van der Waals surface area contributed by atoms with E-state index in [0.29, 0.717) is 6.61 Å². The highest BCUT2D eigenvalue weighted by atomic mass is 16.7. The molecule has 1 N–H and O–H groups in total. The molecule has 0 saturated heterocycles. The molecule has 5 nitrogen and oxygen atoms in total.